The minimum Gasteiger partial charge on any atom is -0.493 e. The van der Waals surface area contributed by atoms with Crippen LogP contribution in [0.1, 0.15) is 41.6 Å². The molecule has 26 heavy (non-hydrogen) atoms. The molecule has 1 atom stereocenters. The molecule has 0 aromatic heterocycles. The molecule has 0 radical (unpaired) electrons. The number of hydrogen-bond donors (Lipinski definition) is 0. The summed E-state index contributed by atoms with van der Waals surface area (Å²) in [6.07, 6.45) is 2.22. The van der Waals surface area contributed by atoms with Crippen molar-refractivity contribution in [2.24, 2.45) is 0 Å². The van der Waals surface area contributed by atoms with Gasteiger partial charge in [0.2, 0.25) is 0 Å². The average Bonchev–Trinajstić information content (AvgIpc) is 2.68. The number of ether oxygens (including phenoxy) is 3. The van der Waals surface area contributed by atoms with Gasteiger partial charge in [-0.25, -0.2) is 4.79 Å². The lowest BCUT2D eigenvalue weighted by molar-refractivity contribution is -0.129. The van der Waals surface area contributed by atoms with E-state index in [4.69, 9.17) is 14.2 Å². The molecule has 1 saturated carbocycles. The molecule has 5 heteroatoms. The quantitative estimate of drug-likeness (QED) is 0.735. The van der Waals surface area contributed by atoms with Crippen LogP contribution in [-0.2, 0) is 16.1 Å². The van der Waals surface area contributed by atoms with E-state index in [0.717, 1.165) is 18.4 Å². The van der Waals surface area contributed by atoms with Crippen molar-refractivity contribution in [3.63, 3.8) is 0 Å². The highest BCUT2D eigenvalue weighted by Gasteiger charge is 2.26. The van der Waals surface area contributed by atoms with Gasteiger partial charge in [0.15, 0.2) is 23.4 Å². The van der Waals surface area contributed by atoms with Crippen LogP contribution in [0.2, 0.25) is 0 Å². The van der Waals surface area contributed by atoms with Gasteiger partial charge in [0.1, 0.15) is 6.61 Å². The van der Waals surface area contributed by atoms with Crippen LogP contribution in [0, 0.1) is 0 Å². The Bertz CT molecular complexity index is 769. The maximum absolute atomic E-state index is 12.3. The fourth-order valence-corrected chi connectivity index (χ4v) is 2.92. The normalized spacial score (nSPS) is 16.8. The highest BCUT2D eigenvalue weighted by Crippen LogP contribution is 2.29. The summed E-state index contributed by atoms with van der Waals surface area (Å²) in [6.45, 7) is 0.400. The minimum atomic E-state index is -0.628. The molecule has 5 nitrogen and oxygen atoms in total. The van der Waals surface area contributed by atoms with E-state index in [9.17, 15) is 9.59 Å². The molecule has 0 saturated heterocycles. The van der Waals surface area contributed by atoms with Gasteiger partial charge in [-0.15, -0.1) is 0 Å². The second-order valence-corrected chi connectivity index (χ2v) is 6.25. The number of carbonyl (C=O) groups is 2. The molecule has 3 rings (SSSR count). The van der Waals surface area contributed by atoms with Gasteiger partial charge in [0, 0.05) is 6.42 Å². The minimum absolute atomic E-state index is 0.000574. The molecular formula is C21H22O5. The third-order valence-corrected chi connectivity index (χ3v) is 4.38. The number of esters is 1. The molecule has 0 unspecified atom stereocenters. The van der Waals surface area contributed by atoms with E-state index in [1.807, 2.05) is 30.3 Å². The van der Waals surface area contributed by atoms with Crippen LogP contribution in [0.3, 0.4) is 0 Å². The number of Topliss-reactive ketones (excluding diaryl/α,β-unsaturated/α-hetero) is 1. The Morgan fingerprint density at radius 3 is 2.62 bits per heavy atom. The van der Waals surface area contributed by atoms with Crippen LogP contribution in [-0.4, -0.2) is 25.0 Å². The smallest absolute Gasteiger partial charge is 0.338 e. The molecule has 0 heterocycles. The van der Waals surface area contributed by atoms with Gasteiger partial charge in [-0.1, -0.05) is 30.3 Å². The van der Waals surface area contributed by atoms with Gasteiger partial charge in [-0.3, -0.25) is 4.79 Å². The number of benzene rings is 2. The van der Waals surface area contributed by atoms with E-state index < -0.39 is 12.1 Å². The summed E-state index contributed by atoms with van der Waals surface area (Å²) in [7, 11) is 1.52. The topological polar surface area (TPSA) is 61.8 Å². The third kappa shape index (κ3) is 4.42. The van der Waals surface area contributed by atoms with Crippen molar-refractivity contribution < 1.29 is 23.8 Å². The van der Waals surface area contributed by atoms with E-state index in [1.54, 1.807) is 18.2 Å². The lowest BCUT2D eigenvalue weighted by Gasteiger charge is -2.21. The SMILES string of the molecule is COc1cc(C(=O)O[C@@H]2CCCCC2=O)ccc1OCc1ccccc1. The van der Waals surface area contributed by atoms with E-state index in [-0.39, 0.29) is 5.78 Å². The molecule has 0 bridgehead atoms. The molecule has 0 amide bonds. The van der Waals surface area contributed by atoms with E-state index in [2.05, 4.69) is 0 Å². The van der Waals surface area contributed by atoms with Gasteiger partial charge >= 0.3 is 5.97 Å². The van der Waals surface area contributed by atoms with Gasteiger partial charge in [0.05, 0.1) is 12.7 Å². The summed E-state index contributed by atoms with van der Waals surface area (Å²) in [5.74, 6) is 0.476. The van der Waals surface area contributed by atoms with Crippen molar-refractivity contribution >= 4 is 11.8 Å². The van der Waals surface area contributed by atoms with Crippen LogP contribution in [0.4, 0.5) is 0 Å². The number of ketones is 1. The van der Waals surface area contributed by atoms with Crippen LogP contribution in [0.25, 0.3) is 0 Å². The van der Waals surface area contributed by atoms with E-state index >= 15 is 0 Å². The summed E-state index contributed by atoms with van der Waals surface area (Å²) in [5.41, 5.74) is 1.38. The first-order chi connectivity index (χ1) is 12.7. The number of methoxy groups -OCH3 is 1. The predicted octanol–water partition coefficient (Wildman–Crippen LogP) is 3.94. The van der Waals surface area contributed by atoms with Crippen LogP contribution < -0.4 is 9.47 Å². The molecule has 1 fully saturated rings. The summed E-state index contributed by atoms with van der Waals surface area (Å²) in [4.78, 5) is 24.2. The van der Waals surface area contributed by atoms with Crippen molar-refractivity contribution in [1.29, 1.82) is 0 Å². The molecule has 0 spiro atoms. The first-order valence-corrected chi connectivity index (χ1v) is 8.76. The van der Waals surface area contributed by atoms with Crippen molar-refractivity contribution in [3.8, 4) is 11.5 Å². The maximum atomic E-state index is 12.3. The van der Waals surface area contributed by atoms with Gasteiger partial charge in [0.25, 0.3) is 0 Å². The number of rotatable bonds is 6. The monoisotopic (exact) mass is 354 g/mol. The zero-order valence-corrected chi connectivity index (χ0v) is 14.8. The number of hydrogen-bond acceptors (Lipinski definition) is 5. The maximum Gasteiger partial charge on any atom is 0.338 e. The Hall–Kier alpha value is -2.82. The molecule has 1 aliphatic rings. The lowest BCUT2D eigenvalue weighted by atomic mass is 9.96. The van der Waals surface area contributed by atoms with Crippen molar-refractivity contribution in [2.45, 2.75) is 38.4 Å². The summed E-state index contributed by atoms with van der Waals surface area (Å²) < 4.78 is 16.5. The Kier molecular flexibility index (Phi) is 5.89. The summed E-state index contributed by atoms with van der Waals surface area (Å²) in [6, 6.07) is 14.7. The largest absolute Gasteiger partial charge is 0.493 e. The third-order valence-electron chi connectivity index (χ3n) is 4.38. The standard InChI is InChI=1S/C21H22O5/c1-24-20-13-16(21(23)26-18-10-6-5-9-17(18)22)11-12-19(20)25-14-15-7-3-2-4-8-15/h2-4,7-8,11-13,18H,5-6,9-10,14H2,1H3/t18-/m1/s1. The van der Waals surface area contributed by atoms with Crippen molar-refractivity contribution in [1.82, 2.24) is 0 Å². The van der Waals surface area contributed by atoms with E-state index in [0.29, 0.717) is 36.5 Å². The summed E-state index contributed by atoms with van der Waals surface area (Å²) in [5, 5.41) is 0. The fraction of sp³-hybridized carbons (Fsp3) is 0.333. The zero-order chi connectivity index (χ0) is 18.4. The highest BCUT2D eigenvalue weighted by atomic mass is 16.5. The first-order valence-electron chi connectivity index (χ1n) is 8.76. The van der Waals surface area contributed by atoms with Crippen LogP contribution >= 0.6 is 0 Å². The average molecular weight is 354 g/mol. The number of carbonyl (C=O) groups excluding carboxylic acids is 2. The first kappa shape index (κ1) is 18.0. The fourth-order valence-electron chi connectivity index (χ4n) is 2.92. The molecule has 2 aromatic carbocycles. The Balaban J connectivity index is 1.67. The lowest BCUT2D eigenvalue weighted by Crippen LogP contribution is -2.30. The second-order valence-electron chi connectivity index (χ2n) is 6.25. The zero-order valence-electron chi connectivity index (χ0n) is 14.8. The molecular weight excluding hydrogens is 332 g/mol. The second kappa shape index (κ2) is 8.52. The Morgan fingerprint density at radius 1 is 1.08 bits per heavy atom. The molecule has 1 aliphatic carbocycles. The summed E-state index contributed by atoms with van der Waals surface area (Å²) >= 11 is 0. The van der Waals surface area contributed by atoms with Crippen molar-refractivity contribution in [2.75, 3.05) is 7.11 Å². The predicted molar refractivity (Wildman–Crippen MR) is 96.4 cm³/mol. The van der Waals surface area contributed by atoms with Gasteiger partial charge in [-0.2, -0.15) is 0 Å². The van der Waals surface area contributed by atoms with Crippen molar-refractivity contribution in [3.05, 3.63) is 59.7 Å². The Morgan fingerprint density at radius 2 is 1.88 bits per heavy atom. The Labute approximate surface area is 152 Å². The van der Waals surface area contributed by atoms with Crippen LogP contribution in [0.5, 0.6) is 11.5 Å². The van der Waals surface area contributed by atoms with Gasteiger partial charge in [-0.05, 0) is 43.0 Å². The highest BCUT2D eigenvalue weighted by molar-refractivity contribution is 5.93. The van der Waals surface area contributed by atoms with Crippen LogP contribution in [0.15, 0.2) is 48.5 Å². The van der Waals surface area contributed by atoms with Gasteiger partial charge < -0.3 is 14.2 Å². The molecule has 136 valence electrons. The molecule has 0 N–H and O–H groups in total. The van der Waals surface area contributed by atoms with E-state index in [1.165, 1.54) is 7.11 Å². The molecule has 2 aromatic rings. The molecule has 0 aliphatic heterocycles.